The van der Waals surface area contributed by atoms with Gasteiger partial charge >= 0.3 is 0 Å². The Morgan fingerprint density at radius 3 is 2.61 bits per heavy atom. The number of Topliss-reactive ketones (excluding diaryl/α,β-unsaturated/α-hetero) is 1. The maximum Gasteiger partial charge on any atom is 0.276 e. The lowest BCUT2D eigenvalue weighted by Gasteiger charge is -2.40. The van der Waals surface area contributed by atoms with Crippen molar-refractivity contribution in [3.63, 3.8) is 0 Å². The summed E-state index contributed by atoms with van der Waals surface area (Å²) in [6.07, 6.45) is 1.45. The van der Waals surface area contributed by atoms with Crippen LogP contribution in [0.5, 0.6) is 0 Å². The summed E-state index contributed by atoms with van der Waals surface area (Å²) >= 11 is 0. The molecule has 0 unspecified atom stereocenters. The van der Waals surface area contributed by atoms with Crippen LogP contribution >= 0.6 is 0 Å². The van der Waals surface area contributed by atoms with Gasteiger partial charge in [-0.15, -0.1) is 5.10 Å². The molecule has 1 aromatic heterocycles. The number of hydrogen-bond acceptors (Lipinski definition) is 5. The first-order chi connectivity index (χ1) is 10.5. The van der Waals surface area contributed by atoms with E-state index in [4.69, 9.17) is 0 Å². The summed E-state index contributed by atoms with van der Waals surface area (Å²) < 4.78 is 1.36. The Balaban J connectivity index is 2.15. The summed E-state index contributed by atoms with van der Waals surface area (Å²) in [6.45, 7) is 9.73. The SMILES string of the molecule is CC(C)(C)C(=O)Cn1cc(C(=O)N2CCNC(=O)C2(C)C)nn1. The summed E-state index contributed by atoms with van der Waals surface area (Å²) in [4.78, 5) is 38.0. The summed E-state index contributed by atoms with van der Waals surface area (Å²) in [5.41, 5.74) is -1.29. The molecule has 8 nitrogen and oxygen atoms in total. The van der Waals surface area contributed by atoms with Crippen molar-refractivity contribution in [2.24, 2.45) is 5.41 Å². The lowest BCUT2D eigenvalue weighted by atomic mass is 9.91. The highest BCUT2D eigenvalue weighted by Crippen LogP contribution is 2.20. The third-order valence-corrected chi connectivity index (χ3v) is 4.00. The number of nitrogens with zero attached hydrogens (tertiary/aromatic N) is 4. The van der Waals surface area contributed by atoms with Crippen LogP contribution < -0.4 is 5.32 Å². The number of ketones is 1. The second-order valence-corrected chi connectivity index (χ2v) is 7.25. The summed E-state index contributed by atoms with van der Waals surface area (Å²) in [6, 6.07) is 0. The first-order valence-electron chi connectivity index (χ1n) is 7.57. The molecule has 1 fully saturated rings. The van der Waals surface area contributed by atoms with E-state index in [0.717, 1.165) is 0 Å². The van der Waals surface area contributed by atoms with E-state index < -0.39 is 11.0 Å². The maximum atomic E-state index is 12.6. The van der Waals surface area contributed by atoms with Crippen LogP contribution in [-0.2, 0) is 16.1 Å². The van der Waals surface area contributed by atoms with Crippen LogP contribution in [0.1, 0.15) is 45.1 Å². The van der Waals surface area contributed by atoms with Crippen molar-refractivity contribution in [2.75, 3.05) is 13.1 Å². The van der Waals surface area contributed by atoms with Crippen molar-refractivity contribution < 1.29 is 14.4 Å². The Hall–Kier alpha value is -2.25. The zero-order valence-electron chi connectivity index (χ0n) is 14.2. The smallest absolute Gasteiger partial charge is 0.276 e. The van der Waals surface area contributed by atoms with E-state index in [1.165, 1.54) is 15.8 Å². The molecule has 0 aromatic carbocycles. The molecule has 0 spiro atoms. The molecule has 1 saturated heterocycles. The third-order valence-electron chi connectivity index (χ3n) is 4.00. The van der Waals surface area contributed by atoms with Crippen LogP contribution in [0, 0.1) is 5.41 Å². The summed E-state index contributed by atoms with van der Waals surface area (Å²) in [5, 5.41) is 10.4. The van der Waals surface area contributed by atoms with E-state index in [1.54, 1.807) is 13.8 Å². The molecule has 1 aliphatic rings. The summed E-state index contributed by atoms with van der Waals surface area (Å²) in [7, 11) is 0. The molecular formula is C15H23N5O3. The Morgan fingerprint density at radius 2 is 2.00 bits per heavy atom. The lowest BCUT2D eigenvalue weighted by Crippen LogP contribution is -2.63. The van der Waals surface area contributed by atoms with E-state index in [9.17, 15) is 14.4 Å². The van der Waals surface area contributed by atoms with E-state index in [0.29, 0.717) is 13.1 Å². The molecule has 2 rings (SSSR count). The summed E-state index contributed by atoms with van der Waals surface area (Å²) in [5.74, 6) is -0.564. The van der Waals surface area contributed by atoms with Gasteiger partial charge < -0.3 is 10.2 Å². The number of carbonyl (C=O) groups is 3. The minimum absolute atomic E-state index is 0.000853. The molecule has 0 aliphatic carbocycles. The normalized spacial score (nSPS) is 17.8. The molecule has 1 aromatic rings. The molecular weight excluding hydrogens is 298 g/mol. The first-order valence-corrected chi connectivity index (χ1v) is 7.57. The number of nitrogens with one attached hydrogen (secondary N) is 1. The number of carbonyl (C=O) groups excluding carboxylic acids is 3. The average Bonchev–Trinajstić information content (AvgIpc) is 2.88. The second-order valence-electron chi connectivity index (χ2n) is 7.25. The third kappa shape index (κ3) is 3.40. The van der Waals surface area contributed by atoms with Gasteiger partial charge in [-0.2, -0.15) is 0 Å². The molecule has 23 heavy (non-hydrogen) atoms. The predicted octanol–water partition coefficient (Wildman–Crippen LogP) is 0.244. The van der Waals surface area contributed by atoms with Gasteiger partial charge in [0.15, 0.2) is 11.5 Å². The quantitative estimate of drug-likeness (QED) is 0.860. The van der Waals surface area contributed by atoms with Gasteiger partial charge in [0.2, 0.25) is 5.91 Å². The van der Waals surface area contributed by atoms with E-state index >= 15 is 0 Å². The van der Waals surface area contributed by atoms with Gasteiger partial charge in [-0.1, -0.05) is 26.0 Å². The number of hydrogen-bond donors (Lipinski definition) is 1. The molecule has 0 radical (unpaired) electrons. The first kappa shape index (κ1) is 17.1. The number of aromatic nitrogens is 3. The molecule has 0 bridgehead atoms. The highest BCUT2D eigenvalue weighted by atomic mass is 16.2. The van der Waals surface area contributed by atoms with Crippen molar-refractivity contribution in [3.05, 3.63) is 11.9 Å². The molecule has 1 aliphatic heterocycles. The van der Waals surface area contributed by atoms with Crippen LogP contribution in [-0.4, -0.2) is 56.1 Å². The molecule has 0 atom stereocenters. The van der Waals surface area contributed by atoms with Crippen LogP contribution in [0.3, 0.4) is 0 Å². The highest BCUT2D eigenvalue weighted by Gasteiger charge is 2.41. The maximum absolute atomic E-state index is 12.6. The Kier molecular flexibility index (Phi) is 4.28. The van der Waals surface area contributed by atoms with Crippen LogP contribution in [0.15, 0.2) is 6.20 Å². The topological polar surface area (TPSA) is 97.2 Å². The molecule has 126 valence electrons. The number of rotatable bonds is 3. The van der Waals surface area contributed by atoms with Crippen molar-refractivity contribution in [1.82, 2.24) is 25.2 Å². The number of piperazine rings is 1. The molecule has 0 saturated carbocycles. The van der Waals surface area contributed by atoms with E-state index in [-0.39, 0.29) is 29.8 Å². The minimum atomic E-state index is -0.944. The highest BCUT2D eigenvalue weighted by molar-refractivity contribution is 5.98. The predicted molar refractivity (Wildman–Crippen MR) is 82.6 cm³/mol. The van der Waals surface area contributed by atoms with Gasteiger partial charge in [0.05, 0.1) is 6.20 Å². The van der Waals surface area contributed by atoms with Crippen molar-refractivity contribution in [1.29, 1.82) is 0 Å². The lowest BCUT2D eigenvalue weighted by molar-refractivity contribution is -0.133. The monoisotopic (exact) mass is 321 g/mol. The van der Waals surface area contributed by atoms with Crippen LogP contribution in [0.2, 0.25) is 0 Å². The molecule has 2 heterocycles. The van der Waals surface area contributed by atoms with Gasteiger partial charge in [0, 0.05) is 18.5 Å². The molecule has 1 N–H and O–H groups in total. The Bertz CT molecular complexity index is 642. The standard InChI is InChI=1S/C15H23N5O3/c1-14(2,3)11(21)9-19-8-10(17-18-19)12(22)20-7-6-16-13(23)15(20,4)5/h8H,6-7,9H2,1-5H3,(H,16,23). The largest absolute Gasteiger partial charge is 0.352 e. The minimum Gasteiger partial charge on any atom is -0.352 e. The number of amides is 2. The van der Waals surface area contributed by atoms with E-state index in [2.05, 4.69) is 15.6 Å². The van der Waals surface area contributed by atoms with Gasteiger partial charge in [0.25, 0.3) is 5.91 Å². The van der Waals surface area contributed by atoms with Crippen molar-refractivity contribution in [3.8, 4) is 0 Å². The van der Waals surface area contributed by atoms with Crippen molar-refractivity contribution in [2.45, 2.75) is 46.7 Å². The molecule has 8 heteroatoms. The van der Waals surface area contributed by atoms with Gasteiger partial charge in [-0.05, 0) is 13.8 Å². The van der Waals surface area contributed by atoms with Gasteiger partial charge in [-0.3, -0.25) is 14.4 Å². The van der Waals surface area contributed by atoms with Gasteiger partial charge in [-0.25, -0.2) is 4.68 Å². The van der Waals surface area contributed by atoms with E-state index in [1.807, 2.05) is 20.8 Å². The van der Waals surface area contributed by atoms with Gasteiger partial charge in [0.1, 0.15) is 12.1 Å². The average molecular weight is 321 g/mol. The van der Waals surface area contributed by atoms with Crippen LogP contribution in [0.4, 0.5) is 0 Å². The molecule has 2 amide bonds. The zero-order chi connectivity index (χ0) is 17.4. The zero-order valence-corrected chi connectivity index (χ0v) is 14.2. The second kappa shape index (κ2) is 5.75. The fraction of sp³-hybridized carbons (Fsp3) is 0.667. The van der Waals surface area contributed by atoms with Crippen LogP contribution in [0.25, 0.3) is 0 Å². The fourth-order valence-corrected chi connectivity index (χ4v) is 2.25. The Morgan fingerprint density at radius 1 is 1.35 bits per heavy atom. The Labute approximate surface area is 135 Å². The van der Waals surface area contributed by atoms with Crippen molar-refractivity contribution >= 4 is 17.6 Å². The fourth-order valence-electron chi connectivity index (χ4n) is 2.25.